The number of rotatable bonds is 5. The Labute approximate surface area is 167 Å². The van der Waals surface area contributed by atoms with Gasteiger partial charge in [0.1, 0.15) is 11.9 Å². The standard InChI is InChI=1S/C20H31ClN2O3Si/c1-7-15-16(26-27(5,6)20(2,3)4)10-17(25-15)23-11-13(12-24)18-14(21)8-9-22-19(18)23/h8-9,11,15-17,24H,7,10,12H2,1-6H3/t15-,16?,17-/m1/s1. The van der Waals surface area contributed by atoms with Crippen molar-refractivity contribution < 1.29 is 14.3 Å². The minimum absolute atomic E-state index is 0.0540. The molecule has 1 unspecified atom stereocenters. The molecule has 7 heteroatoms. The fourth-order valence-electron chi connectivity index (χ4n) is 3.47. The number of aliphatic hydroxyl groups is 1. The summed E-state index contributed by atoms with van der Waals surface area (Å²) in [6.45, 7) is 13.4. The predicted molar refractivity (Wildman–Crippen MR) is 112 cm³/mol. The molecule has 27 heavy (non-hydrogen) atoms. The summed E-state index contributed by atoms with van der Waals surface area (Å²) in [4.78, 5) is 4.50. The third kappa shape index (κ3) is 3.83. The van der Waals surface area contributed by atoms with Gasteiger partial charge in [0.05, 0.1) is 23.8 Å². The summed E-state index contributed by atoms with van der Waals surface area (Å²) in [5.41, 5.74) is 1.52. The maximum absolute atomic E-state index is 9.75. The van der Waals surface area contributed by atoms with Gasteiger partial charge in [-0.3, -0.25) is 0 Å². The molecule has 3 heterocycles. The van der Waals surface area contributed by atoms with Crippen LogP contribution in [0.2, 0.25) is 23.2 Å². The first kappa shape index (κ1) is 20.8. The van der Waals surface area contributed by atoms with Gasteiger partial charge in [-0.25, -0.2) is 4.98 Å². The molecule has 3 atom stereocenters. The molecule has 1 saturated heterocycles. The van der Waals surface area contributed by atoms with Crippen molar-refractivity contribution in [3.05, 3.63) is 29.0 Å². The number of aliphatic hydroxyl groups excluding tert-OH is 1. The molecule has 1 aliphatic rings. The Morgan fingerprint density at radius 3 is 2.70 bits per heavy atom. The third-order valence-electron chi connectivity index (χ3n) is 6.06. The van der Waals surface area contributed by atoms with Crippen molar-refractivity contribution in [1.82, 2.24) is 9.55 Å². The molecule has 5 nitrogen and oxygen atoms in total. The van der Waals surface area contributed by atoms with E-state index in [1.165, 1.54) is 0 Å². The molecule has 2 aromatic heterocycles. The van der Waals surface area contributed by atoms with E-state index in [9.17, 15) is 5.11 Å². The van der Waals surface area contributed by atoms with Crippen LogP contribution in [0, 0.1) is 0 Å². The summed E-state index contributed by atoms with van der Waals surface area (Å²) < 4.78 is 15.1. The van der Waals surface area contributed by atoms with Gasteiger partial charge in [0.25, 0.3) is 0 Å². The normalized spacial score (nSPS) is 24.1. The highest BCUT2D eigenvalue weighted by molar-refractivity contribution is 6.74. The molecule has 1 aliphatic heterocycles. The molecule has 1 fully saturated rings. The summed E-state index contributed by atoms with van der Waals surface area (Å²) in [5, 5.41) is 11.3. The van der Waals surface area contributed by atoms with E-state index in [2.05, 4.69) is 45.8 Å². The number of hydrogen-bond acceptors (Lipinski definition) is 4. The highest BCUT2D eigenvalue weighted by Crippen LogP contribution is 2.42. The summed E-state index contributed by atoms with van der Waals surface area (Å²) >= 11 is 6.36. The number of halogens is 1. The van der Waals surface area contributed by atoms with Crippen molar-refractivity contribution in [1.29, 1.82) is 0 Å². The van der Waals surface area contributed by atoms with Gasteiger partial charge in [0, 0.05) is 29.8 Å². The number of nitrogens with zero attached hydrogens (tertiary/aromatic N) is 2. The molecule has 0 aromatic carbocycles. The van der Waals surface area contributed by atoms with Gasteiger partial charge in [-0.1, -0.05) is 39.3 Å². The van der Waals surface area contributed by atoms with Crippen LogP contribution in [-0.2, 0) is 15.8 Å². The molecule has 0 saturated carbocycles. The Hall–Kier alpha value is -0.923. The fraction of sp³-hybridized carbons (Fsp3) is 0.650. The number of aromatic nitrogens is 2. The van der Waals surface area contributed by atoms with Crippen molar-refractivity contribution in [2.75, 3.05) is 0 Å². The molecule has 0 spiro atoms. The Morgan fingerprint density at radius 2 is 2.11 bits per heavy atom. The van der Waals surface area contributed by atoms with Gasteiger partial charge >= 0.3 is 0 Å². The lowest BCUT2D eigenvalue weighted by atomic mass is 10.1. The highest BCUT2D eigenvalue weighted by atomic mass is 35.5. The van der Waals surface area contributed by atoms with Crippen molar-refractivity contribution in [2.45, 2.75) is 83.7 Å². The van der Waals surface area contributed by atoms with Gasteiger partial charge in [-0.05, 0) is 30.6 Å². The van der Waals surface area contributed by atoms with E-state index in [-0.39, 0.29) is 30.1 Å². The smallest absolute Gasteiger partial charge is 0.192 e. The van der Waals surface area contributed by atoms with Crippen LogP contribution < -0.4 is 0 Å². The molecule has 0 aliphatic carbocycles. The minimum Gasteiger partial charge on any atom is -0.411 e. The van der Waals surface area contributed by atoms with Crippen LogP contribution in [0.5, 0.6) is 0 Å². The van der Waals surface area contributed by atoms with Crippen LogP contribution in [0.1, 0.15) is 52.3 Å². The Kier molecular flexibility index (Phi) is 5.76. The first-order valence-electron chi connectivity index (χ1n) is 9.67. The van der Waals surface area contributed by atoms with Gasteiger partial charge in [-0.2, -0.15) is 0 Å². The maximum Gasteiger partial charge on any atom is 0.192 e. The lowest BCUT2D eigenvalue weighted by Gasteiger charge is -2.39. The Balaban J connectivity index is 1.92. The summed E-state index contributed by atoms with van der Waals surface area (Å²) in [6, 6.07) is 1.75. The zero-order valence-electron chi connectivity index (χ0n) is 17.1. The Morgan fingerprint density at radius 1 is 1.41 bits per heavy atom. The number of pyridine rings is 1. The molecular weight excluding hydrogens is 380 g/mol. The Bertz CT molecular complexity index is 815. The number of fused-ring (bicyclic) bond motifs is 1. The second-order valence-electron chi connectivity index (χ2n) is 8.90. The lowest BCUT2D eigenvalue weighted by Crippen LogP contribution is -2.45. The molecule has 0 amide bonds. The van der Waals surface area contributed by atoms with Crippen molar-refractivity contribution in [3.8, 4) is 0 Å². The second-order valence-corrected chi connectivity index (χ2v) is 14.1. The van der Waals surface area contributed by atoms with Gasteiger partial charge in [-0.15, -0.1) is 0 Å². The van der Waals surface area contributed by atoms with E-state index in [0.717, 1.165) is 29.4 Å². The van der Waals surface area contributed by atoms with Crippen LogP contribution in [0.4, 0.5) is 0 Å². The van der Waals surface area contributed by atoms with Crippen LogP contribution in [0.15, 0.2) is 18.5 Å². The second kappa shape index (κ2) is 7.48. The first-order valence-corrected chi connectivity index (χ1v) is 13.0. The summed E-state index contributed by atoms with van der Waals surface area (Å²) in [5.74, 6) is 0. The van der Waals surface area contributed by atoms with E-state index >= 15 is 0 Å². The lowest BCUT2D eigenvalue weighted by molar-refractivity contribution is -0.0160. The zero-order chi connectivity index (χ0) is 20.0. The van der Waals surface area contributed by atoms with Crippen LogP contribution in [-0.4, -0.2) is 35.2 Å². The van der Waals surface area contributed by atoms with E-state index < -0.39 is 8.32 Å². The zero-order valence-corrected chi connectivity index (χ0v) is 18.9. The van der Waals surface area contributed by atoms with Crippen molar-refractivity contribution in [3.63, 3.8) is 0 Å². The van der Waals surface area contributed by atoms with E-state index in [4.69, 9.17) is 20.8 Å². The van der Waals surface area contributed by atoms with Gasteiger partial charge < -0.3 is 18.8 Å². The molecule has 1 N–H and O–H groups in total. The SMILES string of the molecule is CC[C@H]1O[C@@H](n2cc(CO)c3c(Cl)ccnc32)CC1O[Si](C)(C)C(C)(C)C. The predicted octanol–water partition coefficient (Wildman–Crippen LogP) is 5.27. The molecule has 0 radical (unpaired) electrons. The minimum atomic E-state index is -1.89. The highest BCUT2D eigenvalue weighted by Gasteiger charge is 2.44. The van der Waals surface area contributed by atoms with E-state index in [1.54, 1.807) is 12.3 Å². The third-order valence-corrected chi connectivity index (χ3v) is 10.9. The largest absolute Gasteiger partial charge is 0.411 e. The molecular formula is C20H31ClN2O3Si. The molecule has 3 rings (SSSR count). The topological polar surface area (TPSA) is 56.5 Å². The average molecular weight is 411 g/mol. The molecule has 2 aromatic rings. The van der Waals surface area contributed by atoms with Gasteiger partial charge in [0.15, 0.2) is 8.32 Å². The van der Waals surface area contributed by atoms with E-state index in [1.807, 2.05) is 10.8 Å². The monoisotopic (exact) mass is 410 g/mol. The quantitative estimate of drug-likeness (QED) is 0.682. The van der Waals surface area contributed by atoms with Crippen LogP contribution in [0.25, 0.3) is 11.0 Å². The molecule has 0 bridgehead atoms. The van der Waals surface area contributed by atoms with Crippen LogP contribution >= 0.6 is 11.6 Å². The maximum atomic E-state index is 9.75. The van der Waals surface area contributed by atoms with Gasteiger partial charge in [0.2, 0.25) is 0 Å². The van der Waals surface area contributed by atoms with Crippen molar-refractivity contribution >= 4 is 31.0 Å². The number of hydrogen-bond donors (Lipinski definition) is 1. The molecule has 150 valence electrons. The summed E-state index contributed by atoms with van der Waals surface area (Å²) in [6.07, 6.45) is 5.23. The summed E-state index contributed by atoms with van der Waals surface area (Å²) in [7, 11) is -1.89. The fourth-order valence-corrected chi connectivity index (χ4v) is 5.09. The average Bonchev–Trinajstić information content (AvgIpc) is 3.15. The van der Waals surface area contributed by atoms with Crippen molar-refractivity contribution in [2.24, 2.45) is 0 Å². The van der Waals surface area contributed by atoms with Crippen LogP contribution in [0.3, 0.4) is 0 Å². The number of ether oxygens (including phenoxy) is 1. The van der Waals surface area contributed by atoms with E-state index in [0.29, 0.717) is 5.02 Å². The first-order chi connectivity index (χ1) is 12.6.